The predicted molar refractivity (Wildman–Crippen MR) is 69.4 cm³/mol. The highest BCUT2D eigenvalue weighted by Crippen LogP contribution is 2.14. The Balaban J connectivity index is 2.87. The minimum atomic E-state index is 0.241. The fraction of sp³-hybridized carbons (Fsp3) is 0.500. The first kappa shape index (κ1) is 12.9. The van der Waals surface area contributed by atoms with Gasteiger partial charge in [0.2, 0.25) is 0 Å². The van der Waals surface area contributed by atoms with Gasteiger partial charge in [-0.2, -0.15) is 0 Å². The molecule has 1 heterocycles. The van der Waals surface area contributed by atoms with Crippen LogP contribution < -0.4 is 5.32 Å². The lowest BCUT2D eigenvalue weighted by Gasteiger charge is -2.15. The molecule has 1 unspecified atom stereocenters. The highest BCUT2D eigenvalue weighted by Gasteiger charge is 2.08. The minimum absolute atomic E-state index is 0.241. The van der Waals surface area contributed by atoms with Gasteiger partial charge in [0.05, 0.1) is 11.7 Å². The van der Waals surface area contributed by atoms with Crippen molar-refractivity contribution in [1.82, 2.24) is 10.3 Å². The van der Waals surface area contributed by atoms with Gasteiger partial charge in [-0.05, 0) is 51.4 Å². The van der Waals surface area contributed by atoms with E-state index >= 15 is 0 Å². The molecule has 0 aliphatic heterocycles. The second kappa shape index (κ2) is 6.44. The fourth-order valence-electron chi connectivity index (χ4n) is 1.61. The number of aromatic nitrogens is 1. The number of allylic oxidation sites excluding steroid dienone is 1. The second-order valence-electron chi connectivity index (χ2n) is 4.43. The maximum atomic E-state index is 4.44. The summed E-state index contributed by atoms with van der Waals surface area (Å²) in [7, 11) is 0. The van der Waals surface area contributed by atoms with Gasteiger partial charge in [0.1, 0.15) is 0 Å². The smallest absolute Gasteiger partial charge is 0.0683 e. The summed E-state index contributed by atoms with van der Waals surface area (Å²) in [5.41, 5.74) is 3.68. The van der Waals surface area contributed by atoms with Crippen molar-refractivity contribution >= 4 is 0 Å². The van der Waals surface area contributed by atoms with Crippen molar-refractivity contribution in [3.8, 4) is 0 Å². The Hall–Kier alpha value is -1.15. The van der Waals surface area contributed by atoms with E-state index < -0.39 is 0 Å². The van der Waals surface area contributed by atoms with E-state index in [4.69, 9.17) is 0 Å². The van der Waals surface area contributed by atoms with Crippen LogP contribution in [0.1, 0.15) is 44.5 Å². The van der Waals surface area contributed by atoms with Crippen LogP contribution in [0, 0.1) is 6.92 Å². The van der Waals surface area contributed by atoms with Gasteiger partial charge in [0, 0.05) is 6.20 Å². The molecule has 0 aliphatic carbocycles. The van der Waals surface area contributed by atoms with Crippen LogP contribution in [0.5, 0.6) is 0 Å². The topological polar surface area (TPSA) is 24.9 Å². The van der Waals surface area contributed by atoms with E-state index in [0.717, 1.165) is 18.7 Å². The van der Waals surface area contributed by atoms with E-state index in [9.17, 15) is 0 Å². The molecule has 0 amide bonds. The third-order valence-corrected chi connectivity index (χ3v) is 2.37. The quantitative estimate of drug-likeness (QED) is 0.766. The Kier molecular flexibility index (Phi) is 5.20. The monoisotopic (exact) mass is 218 g/mol. The summed E-state index contributed by atoms with van der Waals surface area (Å²) in [6, 6.07) is 4.42. The van der Waals surface area contributed by atoms with Gasteiger partial charge in [-0.3, -0.25) is 4.98 Å². The fourth-order valence-corrected chi connectivity index (χ4v) is 1.61. The van der Waals surface area contributed by atoms with Gasteiger partial charge in [-0.25, -0.2) is 0 Å². The Morgan fingerprint density at radius 1 is 1.50 bits per heavy atom. The molecule has 1 atom stereocenters. The maximum Gasteiger partial charge on any atom is 0.0683 e. The number of nitrogens with zero attached hydrogens (tertiary/aromatic N) is 1. The third-order valence-electron chi connectivity index (χ3n) is 2.37. The summed E-state index contributed by atoms with van der Waals surface area (Å²) in [4.78, 5) is 4.44. The summed E-state index contributed by atoms with van der Waals surface area (Å²) in [5.74, 6) is 0. The third kappa shape index (κ3) is 4.15. The molecular formula is C14H22N2. The molecule has 1 N–H and O–H groups in total. The molecule has 0 radical (unpaired) electrons. The van der Waals surface area contributed by atoms with Crippen LogP contribution in [0.15, 0.2) is 30.0 Å². The largest absolute Gasteiger partial charge is 0.305 e. The SMILES string of the molecule is CCCNC(C=C(C)C)c1cc(C)ccn1. The van der Waals surface area contributed by atoms with Crippen LogP contribution in [-0.2, 0) is 0 Å². The van der Waals surface area contributed by atoms with E-state index in [2.05, 4.69) is 50.1 Å². The van der Waals surface area contributed by atoms with Crippen LogP contribution in [-0.4, -0.2) is 11.5 Å². The molecule has 1 rings (SSSR count). The second-order valence-corrected chi connectivity index (χ2v) is 4.43. The first-order chi connectivity index (χ1) is 7.63. The minimum Gasteiger partial charge on any atom is -0.305 e. The van der Waals surface area contributed by atoms with E-state index in [-0.39, 0.29) is 6.04 Å². The van der Waals surface area contributed by atoms with E-state index in [1.54, 1.807) is 0 Å². The van der Waals surface area contributed by atoms with E-state index in [1.165, 1.54) is 11.1 Å². The van der Waals surface area contributed by atoms with Gasteiger partial charge < -0.3 is 5.32 Å². The van der Waals surface area contributed by atoms with Gasteiger partial charge in [0.15, 0.2) is 0 Å². The first-order valence-electron chi connectivity index (χ1n) is 5.94. The molecule has 0 saturated carbocycles. The van der Waals surface area contributed by atoms with Crippen molar-refractivity contribution in [3.63, 3.8) is 0 Å². The Bertz CT molecular complexity index is 352. The van der Waals surface area contributed by atoms with E-state index in [0.29, 0.717) is 0 Å². The van der Waals surface area contributed by atoms with Gasteiger partial charge in [-0.15, -0.1) is 0 Å². The Labute approximate surface area is 98.8 Å². The molecule has 2 nitrogen and oxygen atoms in total. The number of pyridine rings is 1. The van der Waals surface area contributed by atoms with Crippen molar-refractivity contribution in [3.05, 3.63) is 41.2 Å². The number of rotatable bonds is 5. The number of nitrogens with one attached hydrogen (secondary N) is 1. The molecule has 88 valence electrons. The van der Waals surface area contributed by atoms with Crippen LogP contribution in [0.3, 0.4) is 0 Å². The summed E-state index contributed by atoms with van der Waals surface area (Å²) < 4.78 is 0. The van der Waals surface area contributed by atoms with Gasteiger partial charge >= 0.3 is 0 Å². The van der Waals surface area contributed by atoms with Crippen molar-refractivity contribution in [2.24, 2.45) is 0 Å². The average Bonchev–Trinajstić information content (AvgIpc) is 2.23. The highest BCUT2D eigenvalue weighted by molar-refractivity contribution is 5.21. The molecule has 0 saturated heterocycles. The molecular weight excluding hydrogens is 196 g/mol. The number of aryl methyl sites for hydroxylation is 1. The summed E-state index contributed by atoms with van der Waals surface area (Å²) in [6.07, 6.45) is 5.25. The molecule has 0 spiro atoms. The highest BCUT2D eigenvalue weighted by atomic mass is 14.9. The molecule has 1 aromatic rings. The Morgan fingerprint density at radius 3 is 2.81 bits per heavy atom. The molecule has 0 fully saturated rings. The maximum absolute atomic E-state index is 4.44. The molecule has 1 aromatic heterocycles. The van der Waals surface area contributed by atoms with Crippen molar-refractivity contribution < 1.29 is 0 Å². The van der Waals surface area contributed by atoms with Crippen molar-refractivity contribution in [1.29, 1.82) is 0 Å². The first-order valence-corrected chi connectivity index (χ1v) is 5.94. The predicted octanol–water partition coefficient (Wildman–Crippen LogP) is 3.40. The molecule has 0 aliphatic rings. The molecule has 0 aromatic carbocycles. The van der Waals surface area contributed by atoms with Gasteiger partial charge in [0.25, 0.3) is 0 Å². The number of hydrogen-bond donors (Lipinski definition) is 1. The lowest BCUT2D eigenvalue weighted by molar-refractivity contribution is 0.597. The zero-order chi connectivity index (χ0) is 12.0. The van der Waals surface area contributed by atoms with Gasteiger partial charge in [-0.1, -0.05) is 18.6 Å². The lowest BCUT2D eigenvalue weighted by Crippen LogP contribution is -2.21. The molecule has 2 heteroatoms. The number of hydrogen-bond acceptors (Lipinski definition) is 2. The van der Waals surface area contributed by atoms with E-state index in [1.807, 2.05) is 12.3 Å². The molecule has 16 heavy (non-hydrogen) atoms. The van der Waals surface area contributed by atoms with Crippen molar-refractivity contribution in [2.45, 2.75) is 40.2 Å². The summed E-state index contributed by atoms with van der Waals surface area (Å²) >= 11 is 0. The Morgan fingerprint density at radius 2 is 2.25 bits per heavy atom. The normalized spacial score (nSPS) is 12.2. The zero-order valence-corrected chi connectivity index (χ0v) is 10.7. The zero-order valence-electron chi connectivity index (χ0n) is 10.7. The standard InChI is InChI=1S/C14H22N2/c1-5-7-15-13(9-11(2)3)14-10-12(4)6-8-16-14/h6,8-10,13,15H,5,7H2,1-4H3. The summed E-state index contributed by atoms with van der Waals surface area (Å²) in [6.45, 7) is 9.54. The lowest BCUT2D eigenvalue weighted by atomic mass is 10.1. The summed E-state index contributed by atoms with van der Waals surface area (Å²) in [5, 5.41) is 3.51. The molecule has 0 bridgehead atoms. The average molecular weight is 218 g/mol. The van der Waals surface area contributed by atoms with Crippen molar-refractivity contribution in [2.75, 3.05) is 6.54 Å². The van der Waals surface area contributed by atoms with Crippen LogP contribution in [0.25, 0.3) is 0 Å². The van der Waals surface area contributed by atoms with Crippen LogP contribution >= 0.6 is 0 Å². The van der Waals surface area contributed by atoms with Crippen LogP contribution in [0.4, 0.5) is 0 Å². The van der Waals surface area contributed by atoms with Crippen LogP contribution in [0.2, 0.25) is 0 Å².